The van der Waals surface area contributed by atoms with Crippen LogP contribution in [0.5, 0.6) is 0 Å². The highest BCUT2D eigenvalue weighted by Crippen LogP contribution is 2.53. The Hall–Kier alpha value is -3.39. The van der Waals surface area contributed by atoms with Gasteiger partial charge in [0, 0.05) is 17.3 Å². The van der Waals surface area contributed by atoms with Crippen LogP contribution in [0.1, 0.15) is 32.4 Å². The number of anilines is 1. The zero-order valence-electron chi connectivity index (χ0n) is 18.5. The summed E-state index contributed by atoms with van der Waals surface area (Å²) in [6.45, 7) is 13.2. The molecule has 1 N–H and O–H groups in total. The van der Waals surface area contributed by atoms with Crippen LogP contribution < -0.4 is 5.32 Å². The van der Waals surface area contributed by atoms with Gasteiger partial charge in [0.15, 0.2) is 0 Å². The lowest BCUT2D eigenvalue weighted by atomic mass is 9.91. The van der Waals surface area contributed by atoms with Gasteiger partial charge >= 0.3 is 0 Å². The largest absolute Gasteiger partial charge is 0.365 e. The molecule has 1 fully saturated rings. The van der Waals surface area contributed by atoms with E-state index in [4.69, 9.17) is 4.98 Å². The van der Waals surface area contributed by atoms with Crippen molar-refractivity contribution >= 4 is 16.6 Å². The van der Waals surface area contributed by atoms with E-state index in [1.807, 2.05) is 31.2 Å². The molecule has 2 heteroatoms. The van der Waals surface area contributed by atoms with Gasteiger partial charge < -0.3 is 5.32 Å². The highest BCUT2D eigenvalue weighted by molar-refractivity contribution is 6.04. The van der Waals surface area contributed by atoms with E-state index in [-0.39, 0.29) is 5.41 Å². The van der Waals surface area contributed by atoms with E-state index in [2.05, 4.69) is 80.0 Å². The minimum atomic E-state index is 0.0240. The van der Waals surface area contributed by atoms with Gasteiger partial charge in [-0.3, -0.25) is 0 Å². The van der Waals surface area contributed by atoms with E-state index < -0.39 is 0 Å². The van der Waals surface area contributed by atoms with Gasteiger partial charge in [-0.15, -0.1) is 0 Å². The van der Waals surface area contributed by atoms with Crippen LogP contribution in [-0.4, -0.2) is 11.5 Å². The van der Waals surface area contributed by atoms with E-state index >= 15 is 0 Å². The first-order valence-electron chi connectivity index (χ1n) is 10.9. The van der Waals surface area contributed by atoms with Gasteiger partial charge in [-0.2, -0.15) is 0 Å². The number of allylic oxidation sites excluding steroid dienone is 4. The molecule has 2 nitrogen and oxygen atoms in total. The van der Waals surface area contributed by atoms with Crippen molar-refractivity contribution in [1.29, 1.82) is 0 Å². The average molecular weight is 407 g/mol. The molecule has 1 heterocycles. The van der Waals surface area contributed by atoms with Crippen molar-refractivity contribution in [2.45, 2.75) is 32.1 Å². The van der Waals surface area contributed by atoms with Crippen molar-refractivity contribution in [3.8, 4) is 11.1 Å². The zero-order valence-corrected chi connectivity index (χ0v) is 18.5. The van der Waals surface area contributed by atoms with Crippen LogP contribution in [0.25, 0.3) is 21.9 Å². The van der Waals surface area contributed by atoms with Crippen molar-refractivity contribution in [3.05, 3.63) is 109 Å². The number of nitrogens with zero attached hydrogens (tertiary/aromatic N) is 1. The number of hydrogen-bond acceptors (Lipinski definition) is 2. The molecule has 0 atom stereocenters. The monoisotopic (exact) mass is 406 g/mol. The summed E-state index contributed by atoms with van der Waals surface area (Å²) in [5.74, 6) is 0.917. The Bertz CT molecular complexity index is 1180. The zero-order chi connectivity index (χ0) is 21.8. The second-order valence-corrected chi connectivity index (χ2v) is 8.38. The third-order valence-electron chi connectivity index (χ3n) is 6.12. The van der Waals surface area contributed by atoms with Crippen LogP contribution in [-0.2, 0) is 5.41 Å². The van der Waals surface area contributed by atoms with Gasteiger partial charge in [-0.05, 0) is 54.8 Å². The van der Waals surface area contributed by atoms with E-state index in [0.29, 0.717) is 6.54 Å². The Balaban J connectivity index is 1.81. The quantitative estimate of drug-likeness (QED) is 0.307. The van der Waals surface area contributed by atoms with E-state index in [1.165, 1.54) is 22.1 Å². The molecule has 1 aromatic heterocycles. The predicted octanol–water partition coefficient (Wildman–Crippen LogP) is 7.61. The molecule has 0 spiro atoms. The predicted molar refractivity (Wildman–Crippen MR) is 134 cm³/mol. The Morgan fingerprint density at radius 1 is 1.06 bits per heavy atom. The lowest BCUT2D eigenvalue weighted by Crippen LogP contribution is -2.13. The summed E-state index contributed by atoms with van der Waals surface area (Å²) in [6, 6.07) is 19.3. The van der Waals surface area contributed by atoms with Gasteiger partial charge in [-0.25, -0.2) is 4.98 Å². The standard InChI is InChI=1S/C29H30N2/c1-5-6-8-12-22(4)20-30-28-27-24(19-26(31-28)29(17-18-29)21(2)3)15-11-16-25(27)23-13-9-7-10-14-23/h5-16,19H,2,4,17-18,20H2,1,3H3,(H,30,31)/b6-5-,12-8-. The summed E-state index contributed by atoms with van der Waals surface area (Å²) < 4.78 is 0. The van der Waals surface area contributed by atoms with Crippen molar-refractivity contribution in [1.82, 2.24) is 4.98 Å². The summed E-state index contributed by atoms with van der Waals surface area (Å²) in [7, 11) is 0. The molecule has 4 rings (SSSR count). The molecule has 1 aliphatic carbocycles. The smallest absolute Gasteiger partial charge is 0.135 e. The first-order valence-corrected chi connectivity index (χ1v) is 10.9. The van der Waals surface area contributed by atoms with Gasteiger partial charge in [0.25, 0.3) is 0 Å². The molecule has 1 saturated carbocycles. The SMILES string of the molecule is C=C(/C=C\C=C/C)CNc1nc(C2(C(=C)C)CC2)cc2cccc(-c3ccccc3)c12. The van der Waals surface area contributed by atoms with Crippen LogP contribution in [0.15, 0.2) is 103 Å². The summed E-state index contributed by atoms with van der Waals surface area (Å²) in [5.41, 5.74) is 5.74. The topological polar surface area (TPSA) is 24.9 Å². The fraction of sp³-hybridized carbons (Fsp3) is 0.207. The Morgan fingerprint density at radius 2 is 1.84 bits per heavy atom. The molecule has 0 amide bonds. The molecule has 3 aromatic rings. The molecule has 0 unspecified atom stereocenters. The van der Waals surface area contributed by atoms with Gasteiger partial charge in [0.2, 0.25) is 0 Å². The van der Waals surface area contributed by atoms with Gasteiger partial charge in [0.05, 0.1) is 5.69 Å². The maximum absolute atomic E-state index is 5.16. The van der Waals surface area contributed by atoms with E-state index in [1.54, 1.807) is 0 Å². The van der Waals surface area contributed by atoms with Crippen LogP contribution in [0.3, 0.4) is 0 Å². The minimum Gasteiger partial charge on any atom is -0.365 e. The van der Waals surface area contributed by atoms with Crippen LogP contribution in [0.2, 0.25) is 0 Å². The van der Waals surface area contributed by atoms with Crippen LogP contribution in [0.4, 0.5) is 5.82 Å². The number of aromatic nitrogens is 1. The first-order chi connectivity index (χ1) is 15.0. The van der Waals surface area contributed by atoms with Crippen molar-refractivity contribution < 1.29 is 0 Å². The van der Waals surface area contributed by atoms with Gasteiger partial charge in [-0.1, -0.05) is 91.6 Å². The van der Waals surface area contributed by atoms with Crippen LogP contribution in [0, 0.1) is 0 Å². The highest BCUT2D eigenvalue weighted by atomic mass is 15.0. The molecular weight excluding hydrogens is 376 g/mol. The number of rotatable bonds is 8. The third-order valence-corrected chi connectivity index (χ3v) is 6.12. The van der Waals surface area contributed by atoms with Crippen molar-refractivity contribution in [2.75, 3.05) is 11.9 Å². The lowest BCUT2D eigenvalue weighted by molar-refractivity contribution is 0.788. The molecule has 31 heavy (non-hydrogen) atoms. The molecule has 0 radical (unpaired) electrons. The summed E-state index contributed by atoms with van der Waals surface area (Å²) in [6.07, 6.45) is 10.3. The highest BCUT2D eigenvalue weighted by Gasteiger charge is 2.46. The maximum atomic E-state index is 5.16. The fourth-order valence-electron chi connectivity index (χ4n) is 4.13. The number of benzene rings is 2. The van der Waals surface area contributed by atoms with Crippen molar-refractivity contribution in [2.24, 2.45) is 0 Å². The Labute approximate surface area is 185 Å². The maximum Gasteiger partial charge on any atom is 0.135 e. The molecule has 156 valence electrons. The van der Waals surface area contributed by atoms with Gasteiger partial charge in [0.1, 0.15) is 5.82 Å². The second kappa shape index (κ2) is 8.77. The van der Waals surface area contributed by atoms with E-state index in [0.717, 1.165) is 35.3 Å². The molecule has 2 aromatic carbocycles. The Morgan fingerprint density at radius 3 is 2.52 bits per heavy atom. The summed E-state index contributed by atoms with van der Waals surface area (Å²) >= 11 is 0. The number of pyridine rings is 1. The minimum absolute atomic E-state index is 0.0240. The molecular formula is C29H30N2. The van der Waals surface area contributed by atoms with Crippen molar-refractivity contribution in [3.63, 3.8) is 0 Å². The average Bonchev–Trinajstić information content (AvgIpc) is 3.60. The molecule has 1 aliphatic rings. The molecule has 0 bridgehead atoms. The Kier molecular flexibility index (Phi) is 5.90. The van der Waals surface area contributed by atoms with Crippen LogP contribution >= 0.6 is 0 Å². The fourth-order valence-corrected chi connectivity index (χ4v) is 4.13. The first kappa shape index (κ1) is 20.9. The number of fused-ring (bicyclic) bond motifs is 1. The molecule has 0 saturated heterocycles. The molecule has 0 aliphatic heterocycles. The second-order valence-electron chi connectivity index (χ2n) is 8.38. The number of hydrogen-bond donors (Lipinski definition) is 1. The lowest BCUT2D eigenvalue weighted by Gasteiger charge is -2.20. The normalized spacial score (nSPS) is 14.9. The summed E-state index contributed by atoms with van der Waals surface area (Å²) in [4.78, 5) is 5.16. The number of nitrogens with one attached hydrogen (secondary N) is 1. The summed E-state index contributed by atoms with van der Waals surface area (Å²) in [5, 5.41) is 5.95. The third kappa shape index (κ3) is 4.25. The van der Waals surface area contributed by atoms with E-state index in [9.17, 15) is 0 Å².